The summed E-state index contributed by atoms with van der Waals surface area (Å²) in [5.41, 5.74) is 0. The zero-order chi connectivity index (χ0) is 12.4. The smallest absolute Gasteiger partial charge is 0.222 e. The van der Waals surface area contributed by atoms with Gasteiger partial charge in [-0.25, -0.2) is 0 Å². The first-order valence-corrected chi connectivity index (χ1v) is 7.84. The second-order valence-electron chi connectivity index (χ2n) is 6.45. The molecule has 3 heteroatoms. The largest absolute Gasteiger partial charge is 0.342 e. The van der Waals surface area contributed by atoms with E-state index in [2.05, 4.69) is 10.2 Å². The van der Waals surface area contributed by atoms with Crippen LogP contribution in [0.2, 0.25) is 0 Å². The predicted octanol–water partition coefficient (Wildman–Crippen LogP) is 2.17. The molecule has 1 aliphatic carbocycles. The maximum atomic E-state index is 12.4. The molecule has 2 atom stereocenters. The number of carbonyl (C=O) groups is 1. The molecular formula is C15H26N2O. The van der Waals surface area contributed by atoms with Crippen LogP contribution in [0.5, 0.6) is 0 Å². The van der Waals surface area contributed by atoms with Gasteiger partial charge in [-0.05, 0) is 44.1 Å². The number of rotatable bonds is 2. The van der Waals surface area contributed by atoms with Crippen LogP contribution < -0.4 is 5.32 Å². The number of carbonyl (C=O) groups excluding carboxylic acids is 1. The normalized spacial score (nSPS) is 33.4. The highest BCUT2D eigenvalue weighted by Crippen LogP contribution is 2.29. The summed E-state index contributed by atoms with van der Waals surface area (Å²) in [6, 6.07) is 0.698. The van der Waals surface area contributed by atoms with E-state index in [1.807, 2.05) is 0 Å². The van der Waals surface area contributed by atoms with Gasteiger partial charge in [-0.3, -0.25) is 4.79 Å². The minimum atomic E-state index is 0.437. The van der Waals surface area contributed by atoms with Crippen LogP contribution in [0.3, 0.4) is 0 Å². The Kier molecular flexibility index (Phi) is 3.88. The Bertz CT molecular complexity index is 299. The molecule has 3 rings (SSSR count). The predicted molar refractivity (Wildman–Crippen MR) is 72.3 cm³/mol. The number of hydrogen-bond acceptors (Lipinski definition) is 2. The fourth-order valence-electron chi connectivity index (χ4n) is 4.04. The molecule has 3 fully saturated rings. The van der Waals surface area contributed by atoms with E-state index in [4.69, 9.17) is 0 Å². The highest BCUT2D eigenvalue weighted by Gasteiger charge is 2.34. The first-order chi connectivity index (χ1) is 8.83. The first-order valence-electron chi connectivity index (χ1n) is 7.84. The molecule has 2 unspecified atom stereocenters. The van der Waals surface area contributed by atoms with Crippen LogP contribution in [0.4, 0.5) is 0 Å². The van der Waals surface area contributed by atoms with Gasteiger partial charge in [0.2, 0.25) is 5.91 Å². The fourth-order valence-corrected chi connectivity index (χ4v) is 4.04. The summed E-state index contributed by atoms with van der Waals surface area (Å²) in [6.45, 7) is 3.16. The lowest BCUT2D eigenvalue weighted by Gasteiger charge is -2.36. The van der Waals surface area contributed by atoms with Gasteiger partial charge in [0.25, 0.3) is 0 Å². The van der Waals surface area contributed by atoms with Crippen molar-refractivity contribution in [3.05, 3.63) is 0 Å². The summed E-state index contributed by atoms with van der Waals surface area (Å²) in [5.74, 6) is 1.85. The lowest BCUT2D eigenvalue weighted by molar-refractivity contribution is -0.134. The monoisotopic (exact) mass is 250 g/mol. The van der Waals surface area contributed by atoms with Crippen molar-refractivity contribution < 1.29 is 4.79 Å². The maximum absolute atomic E-state index is 12.4. The molecule has 0 aromatic carbocycles. The summed E-state index contributed by atoms with van der Waals surface area (Å²) >= 11 is 0. The third-order valence-corrected chi connectivity index (χ3v) is 5.20. The molecule has 102 valence electrons. The van der Waals surface area contributed by atoms with E-state index in [1.165, 1.54) is 44.9 Å². The van der Waals surface area contributed by atoms with Gasteiger partial charge >= 0.3 is 0 Å². The van der Waals surface area contributed by atoms with E-state index < -0.39 is 0 Å². The Morgan fingerprint density at radius 2 is 1.94 bits per heavy atom. The number of piperidine rings is 1. The number of hydrogen-bond donors (Lipinski definition) is 1. The lowest BCUT2D eigenvalue weighted by atomic mass is 9.86. The Labute approximate surface area is 110 Å². The van der Waals surface area contributed by atoms with E-state index in [-0.39, 0.29) is 0 Å². The maximum Gasteiger partial charge on any atom is 0.222 e. The molecule has 2 aliphatic heterocycles. The first kappa shape index (κ1) is 12.5. The van der Waals surface area contributed by atoms with E-state index in [1.54, 1.807) is 0 Å². The minimum absolute atomic E-state index is 0.437. The van der Waals surface area contributed by atoms with Crippen molar-refractivity contribution in [1.29, 1.82) is 0 Å². The Balaban J connectivity index is 1.49. The van der Waals surface area contributed by atoms with Crippen molar-refractivity contribution in [3.63, 3.8) is 0 Å². The molecule has 1 saturated carbocycles. The van der Waals surface area contributed by atoms with Crippen molar-refractivity contribution in [2.45, 2.75) is 57.4 Å². The summed E-state index contributed by atoms with van der Waals surface area (Å²) in [5, 5.41) is 3.56. The van der Waals surface area contributed by atoms with E-state index >= 15 is 0 Å². The quantitative estimate of drug-likeness (QED) is 0.814. The van der Waals surface area contributed by atoms with Gasteiger partial charge in [0.05, 0.1) is 0 Å². The summed E-state index contributed by atoms with van der Waals surface area (Å²) in [6.07, 6.45) is 9.88. The molecule has 18 heavy (non-hydrogen) atoms. The Morgan fingerprint density at radius 1 is 1.11 bits per heavy atom. The lowest BCUT2D eigenvalue weighted by Crippen LogP contribution is -2.47. The van der Waals surface area contributed by atoms with Crippen LogP contribution in [0.1, 0.15) is 51.4 Å². The van der Waals surface area contributed by atoms with Crippen molar-refractivity contribution >= 4 is 5.91 Å². The van der Waals surface area contributed by atoms with Crippen molar-refractivity contribution in [3.8, 4) is 0 Å². The summed E-state index contributed by atoms with van der Waals surface area (Å²) < 4.78 is 0. The van der Waals surface area contributed by atoms with E-state index in [9.17, 15) is 4.79 Å². The third-order valence-electron chi connectivity index (χ3n) is 5.20. The van der Waals surface area contributed by atoms with Crippen LogP contribution in [0, 0.1) is 11.8 Å². The van der Waals surface area contributed by atoms with Gasteiger partial charge in [-0.1, -0.05) is 19.3 Å². The van der Waals surface area contributed by atoms with Crippen molar-refractivity contribution in [2.24, 2.45) is 11.8 Å². The molecular weight excluding hydrogens is 224 g/mol. The molecule has 0 spiro atoms. The van der Waals surface area contributed by atoms with Gasteiger partial charge in [0.1, 0.15) is 0 Å². The molecule has 1 amide bonds. The highest BCUT2D eigenvalue weighted by molar-refractivity contribution is 5.76. The third kappa shape index (κ3) is 2.71. The highest BCUT2D eigenvalue weighted by atomic mass is 16.2. The summed E-state index contributed by atoms with van der Waals surface area (Å²) in [7, 11) is 0. The fraction of sp³-hybridized carbons (Fsp3) is 0.933. The molecule has 2 heterocycles. The molecule has 0 radical (unpaired) electrons. The van der Waals surface area contributed by atoms with Crippen molar-refractivity contribution in [1.82, 2.24) is 10.2 Å². The molecule has 1 N–H and O–H groups in total. The van der Waals surface area contributed by atoms with E-state index in [0.717, 1.165) is 32.0 Å². The molecule has 2 saturated heterocycles. The van der Waals surface area contributed by atoms with Gasteiger partial charge < -0.3 is 10.2 Å². The molecule has 0 bridgehead atoms. The van der Waals surface area contributed by atoms with Gasteiger partial charge in [0.15, 0.2) is 0 Å². The standard InChI is InChI=1S/C15H26N2O/c18-15(10-12-4-2-1-3-5-12)17-9-7-14-13(11-17)6-8-16-14/h12-14,16H,1-11H2. The zero-order valence-electron chi connectivity index (χ0n) is 11.4. The van der Waals surface area contributed by atoms with Crippen LogP contribution in [0.15, 0.2) is 0 Å². The van der Waals surface area contributed by atoms with Gasteiger partial charge in [-0.15, -0.1) is 0 Å². The molecule has 0 aromatic rings. The minimum Gasteiger partial charge on any atom is -0.342 e. The van der Waals surface area contributed by atoms with Gasteiger partial charge in [0, 0.05) is 25.6 Å². The average molecular weight is 250 g/mol. The number of nitrogens with zero attached hydrogens (tertiary/aromatic N) is 1. The number of amides is 1. The summed E-state index contributed by atoms with van der Waals surface area (Å²) in [4.78, 5) is 14.5. The second kappa shape index (κ2) is 5.60. The van der Waals surface area contributed by atoms with Crippen LogP contribution in [-0.4, -0.2) is 36.5 Å². The van der Waals surface area contributed by atoms with Crippen LogP contribution >= 0.6 is 0 Å². The average Bonchev–Trinajstić information content (AvgIpc) is 2.87. The second-order valence-corrected chi connectivity index (χ2v) is 6.45. The Hall–Kier alpha value is -0.570. The van der Waals surface area contributed by atoms with Crippen molar-refractivity contribution in [2.75, 3.05) is 19.6 Å². The molecule has 3 nitrogen and oxygen atoms in total. The Morgan fingerprint density at radius 3 is 2.78 bits per heavy atom. The number of likely N-dealkylation sites (tertiary alicyclic amines) is 1. The molecule has 0 aromatic heterocycles. The molecule has 3 aliphatic rings. The van der Waals surface area contributed by atoms with Gasteiger partial charge in [-0.2, -0.15) is 0 Å². The topological polar surface area (TPSA) is 32.3 Å². The SMILES string of the molecule is O=C(CC1CCCCC1)N1CCC2NCCC2C1. The van der Waals surface area contributed by atoms with Crippen LogP contribution in [0.25, 0.3) is 0 Å². The number of fused-ring (bicyclic) bond motifs is 1. The van der Waals surface area contributed by atoms with E-state index in [0.29, 0.717) is 17.9 Å². The van der Waals surface area contributed by atoms with Crippen LogP contribution in [-0.2, 0) is 4.79 Å². The number of nitrogens with one attached hydrogen (secondary N) is 1. The zero-order valence-corrected chi connectivity index (χ0v) is 11.4.